The predicted molar refractivity (Wildman–Crippen MR) is 87.1 cm³/mol. The molecule has 0 saturated carbocycles. The van der Waals surface area contributed by atoms with Gasteiger partial charge in [-0.05, 0) is 52.0 Å². The zero-order valence-electron chi connectivity index (χ0n) is 14.8. The number of rotatable bonds is 7. The predicted octanol–water partition coefficient (Wildman–Crippen LogP) is 3.50. The van der Waals surface area contributed by atoms with E-state index < -0.39 is 29.6 Å². The summed E-state index contributed by atoms with van der Waals surface area (Å²) >= 11 is 0. The number of halogens is 1. The van der Waals surface area contributed by atoms with E-state index in [0.29, 0.717) is 5.75 Å². The van der Waals surface area contributed by atoms with E-state index in [2.05, 4.69) is 0 Å². The minimum absolute atomic E-state index is 0.0366. The van der Waals surface area contributed by atoms with E-state index >= 15 is 0 Å². The van der Waals surface area contributed by atoms with Crippen molar-refractivity contribution in [3.8, 4) is 5.75 Å². The lowest BCUT2D eigenvalue weighted by molar-refractivity contribution is -0.161. The average Bonchev–Trinajstić information content (AvgIpc) is 2.45. The third-order valence-electron chi connectivity index (χ3n) is 2.91. The Morgan fingerprint density at radius 3 is 2.25 bits per heavy atom. The Morgan fingerprint density at radius 2 is 1.71 bits per heavy atom. The second kappa shape index (κ2) is 8.66. The monoisotopic (exact) mass is 340 g/mol. The molecule has 0 heterocycles. The van der Waals surface area contributed by atoms with Gasteiger partial charge in [-0.1, -0.05) is 6.92 Å². The molecular formula is C18H25FO5. The molecule has 1 aromatic rings. The molecule has 1 aromatic carbocycles. The summed E-state index contributed by atoms with van der Waals surface area (Å²) in [5.74, 6) is -1.39. The van der Waals surface area contributed by atoms with Gasteiger partial charge in [-0.15, -0.1) is 0 Å². The molecule has 0 aliphatic rings. The number of carbonyl (C=O) groups excluding carboxylic acids is 2. The zero-order valence-corrected chi connectivity index (χ0v) is 14.8. The van der Waals surface area contributed by atoms with Crippen molar-refractivity contribution >= 4 is 11.9 Å². The lowest BCUT2D eigenvalue weighted by Crippen LogP contribution is -2.28. The highest BCUT2D eigenvalue weighted by atomic mass is 19.1. The summed E-state index contributed by atoms with van der Waals surface area (Å²) in [7, 11) is 0. The molecule has 0 aliphatic carbocycles. The first kappa shape index (κ1) is 19.9. The lowest BCUT2D eigenvalue weighted by Gasteiger charge is -2.21. The van der Waals surface area contributed by atoms with Gasteiger partial charge in [0.2, 0.25) is 0 Å². The van der Waals surface area contributed by atoms with Gasteiger partial charge in [0.15, 0.2) is 0 Å². The topological polar surface area (TPSA) is 61.8 Å². The normalized spacial score (nSPS) is 13.8. The van der Waals surface area contributed by atoms with Crippen molar-refractivity contribution in [2.75, 3.05) is 6.61 Å². The summed E-state index contributed by atoms with van der Waals surface area (Å²) in [5, 5.41) is 0. The lowest BCUT2D eigenvalue weighted by atomic mass is 10.1. The zero-order chi connectivity index (χ0) is 18.3. The molecule has 0 N–H and O–H groups in total. The largest absolute Gasteiger partial charge is 0.487 e. The number of esters is 2. The summed E-state index contributed by atoms with van der Waals surface area (Å²) in [6.45, 7) is 8.68. The molecule has 24 heavy (non-hydrogen) atoms. The fraction of sp³-hybridized carbons (Fsp3) is 0.556. The van der Waals surface area contributed by atoms with Crippen LogP contribution in [-0.2, 0) is 19.1 Å². The van der Waals surface area contributed by atoms with Crippen LogP contribution in [0, 0.1) is 11.7 Å². The van der Waals surface area contributed by atoms with Crippen LogP contribution in [0.4, 0.5) is 4.39 Å². The number of hydrogen-bond acceptors (Lipinski definition) is 5. The maximum Gasteiger partial charge on any atom is 0.309 e. The van der Waals surface area contributed by atoms with Gasteiger partial charge in [-0.25, -0.2) is 4.39 Å². The summed E-state index contributed by atoms with van der Waals surface area (Å²) < 4.78 is 28.6. The highest BCUT2D eigenvalue weighted by molar-refractivity contribution is 5.79. The molecule has 0 fully saturated rings. The van der Waals surface area contributed by atoms with Crippen LogP contribution in [0.1, 0.15) is 41.0 Å². The summed E-state index contributed by atoms with van der Waals surface area (Å²) in [6, 6.07) is 5.57. The van der Waals surface area contributed by atoms with Gasteiger partial charge in [0.25, 0.3) is 0 Å². The molecule has 0 spiro atoms. The molecule has 0 unspecified atom stereocenters. The van der Waals surface area contributed by atoms with Gasteiger partial charge in [0, 0.05) is 0 Å². The Kier molecular flexibility index (Phi) is 7.19. The molecular weight excluding hydrogens is 315 g/mol. The summed E-state index contributed by atoms with van der Waals surface area (Å²) in [5.41, 5.74) is -0.585. The Bertz CT molecular complexity index is 548. The summed E-state index contributed by atoms with van der Waals surface area (Å²) in [4.78, 5) is 23.6. The van der Waals surface area contributed by atoms with E-state index in [9.17, 15) is 14.0 Å². The Hall–Kier alpha value is -2.11. The Labute approximate surface area is 142 Å². The molecule has 5 nitrogen and oxygen atoms in total. The van der Waals surface area contributed by atoms with Gasteiger partial charge >= 0.3 is 11.9 Å². The van der Waals surface area contributed by atoms with Crippen LogP contribution in [0.25, 0.3) is 0 Å². The Morgan fingerprint density at radius 1 is 1.12 bits per heavy atom. The van der Waals surface area contributed by atoms with Gasteiger partial charge in [-0.2, -0.15) is 0 Å². The smallest absolute Gasteiger partial charge is 0.309 e. The van der Waals surface area contributed by atoms with Crippen LogP contribution in [0.15, 0.2) is 24.3 Å². The van der Waals surface area contributed by atoms with Crippen LogP contribution in [0.3, 0.4) is 0 Å². The second-order valence-electron chi connectivity index (χ2n) is 6.70. The van der Waals surface area contributed by atoms with Crippen LogP contribution < -0.4 is 4.74 Å². The first-order valence-electron chi connectivity index (χ1n) is 7.87. The molecule has 0 amide bonds. The minimum Gasteiger partial charge on any atom is -0.487 e. The number of ether oxygens (including phenoxy) is 3. The van der Waals surface area contributed by atoms with Crippen LogP contribution in [0.5, 0.6) is 5.75 Å². The minimum atomic E-state index is -0.599. The molecule has 0 aliphatic heterocycles. The number of carbonyl (C=O) groups is 2. The Balaban J connectivity index is 2.36. The van der Waals surface area contributed by atoms with Gasteiger partial charge < -0.3 is 14.2 Å². The van der Waals surface area contributed by atoms with E-state index in [1.54, 1.807) is 34.6 Å². The third kappa shape index (κ3) is 7.94. The van der Waals surface area contributed by atoms with Crippen LogP contribution >= 0.6 is 0 Å². The average molecular weight is 340 g/mol. The highest BCUT2D eigenvalue weighted by Crippen LogP contribution is 2.15. The number of benzene rings is 1. The number of hydrogen-bond donors (Lipinski definition) is 0. The third-order valence-corrected chi connectivity index (χ3v) is 2.91. The van der Waals surface area contributed by atoms with Gasteiger partial charge in [0.05, 0.1) is 12.3 Å². The quantitative estimate of drug-likeness (QED) is 0.711. The van der Waals surface area contributed by atoms with Crippen molar-refractivity contribution in [3.05, 3.63) is 30.1 Å². The first-order chi connectivity index (χ1) is 11.1. The summed E-state index contributed by atoms with van der Waals surface area (Å²) in [6.07, 6.45) is -0.434. The molecule has 0 bridgehead atoms. The maximum absolute atomic E-state index is 12.8. The van der Waals surface area contributed by atoms with Crippen molar-refractivity contribution in [2.45, 2.75) is 52.7 Å². The molecule has 0 saturated heterocycles. The van der Waals surface area contributed by atoms with E-state index in [4.69, 9.17) is 14.2 Å². The van der Waals surface area contributed by atoms with Gasteiger partial charge in [0.1, 0.15) is 29.9 Å². The highest BCUT2D eigenvalue weighted by Gasteiger charge is 2.23. The van der Waals surface area contributed by atoms with E-state index in [1.165, 1.54) is 24.3 Å². The van der Waals surface area contributed by atoms with E-state index in [0.717, 1.165) is 0 Å². The van der Waals surface area contributed by atoms with Crippen LogP contribution in [-0.4, -0.2) is 30.3 Å². The van der Waals surface area contributed by atoms with Crippen molar-refractivity contribution in [1.29, 1.82) is 0 Å². The van der Waals surface area contributed by atoms with Crippen molar-refractivity contribution in [1.82, 2.24) is 0 Å². The molecule has 6 heteroatoms. The molecule has 0 aromatic heterocycles. The molecule has 1 rings (SSSR count). The fourth-order valence-electron chi connectivity index (χ4n) is 1.84. The van der Waals surface area contributed by atoms with Crippen molar-refractivity contribution < 1.29 is 28.2 Å². The van der Waals surface area contributed by atoms with Crippen molar-refractivity contribution in [3.63, 3.8) is 0 Å². The SMILES string of the molecule is C[C@H](CC(=O)OC(C)(C)C)C(=O)OC[C@H](C)Oc1ccc(F)cc1. The standard InChI is InChI=1S/C18H25FO5/c1-12(10-16(20)24-18(3,4)5)17(21)22-11-13(2)23-15-8-6-14(19)7-9-15/h6-9,12-13H,10-11H2,1-5H3/t12-,13+/m1/s1. The van der Waals surface area contributed by atoms with E-state index in [-0.39, 0.29) is 18.8 Å². The molecule has 134 valence electrons. The first-order valence-corrected chi connectivity index (χ1v) is 7.87. The van der Waals surface area contributed by atoms with Crippen molar-refractivity contribution in [2.24, 2.45) is 5.92 Å². The van der Waals surface area contributed by atoms with Crippen LogP contribution in [0.2, 0.25) is 0 Å². The van der Waals surface area contributed by atoms with E-state index in [1.807, 2.05) is 0 Å². The molecule has 2 atom stereocenters. The second-order valence-corrected chi connectivity index (χ2v) is 6.70. The maximum atomic E-state index is 12.8. The molecule has 0 radical (unpaired) electrons. The van der Waals surface area contributed by atoms with Gasteiger partial charge in [-0.3, -0.25) is 9.59 Å². The fourth-order valence-corrected chi connectivity index (χ4v) is 1.84.